The van der Waals surface area contributed by atoms with Crippen LogP contribution in [0.4, 0.5) is 10.8 Å². The van der Waals surface area contributed by atoms with Crippen molar-refractivity contribution in [3.63, 3.8) is 0 Å². The van der Waals surface area contributed by atoms with Gasteiger partial charge in [-0.15, -0.1) is 10.2 Å². The Labute approximate surface area is 109 Å². The van der Waals surface area contributed by atoms with Gasteiger partial charge in [-0.2, -0.15) is 0 Å². The Balaban J connectivity index is 2.16. The summed E-state index contributed by atoms with van der Waals surface area (Å²) in [4.78, 5) is 12.0. The minimum absolute atomic E-state index is 0.258. The molecule has 0 aliphatic carbocycles. The molecule has 2 rings (SSSR count). The largest absolute Gasteiger partial charge is 0.398 e. The zero-order chi connectivity index (χ0) is 13.1. The molecule has 0 saturated carbocycles. The van der Waals surface area contributed by atoms with Gasteiger partial charge < -0.3 is 5.73 Å². The lowest BCUT2D eigenvalue weighted by Gasteiger charge is -2.05. The van der Waals surface area contributed by atoms with Crippen LogP contribution in [-0.2, 0) is 6.42 Å². The number of nitrogens with one attached hydrogen (secondary N) is 1. The number of amides is 1. The second-order valence-electron chi connectivity index (χ2n) is 3.90. The fourth-order valence-electron chi connectivity index (χ4n) is 1.50. The smallest absolute Gasteiger partial charge is 0.259 e. The molecule has 1 heterocycles. The van der Waals surface area contributed by atoms with Gasteiger partial charge in [-0.05, 0) is 31.0 Å². The molecule has 0 spiro atoms. The van der Waals surface area contributed by atoms with E-state index in [0.717, 1.165) is 17.0 Å². The maximum Gasteiger partial charge on any atom is 0.259 e. The van der Waals surface area contributed by atoms with Gasteiger partial charge >= 0.3 is 0 Å². The lowest BCUT2D eigenvalue weighted by molar-refractivity contribution is 0.102. The Morgan fingerprint density at radius 3 is 2.83 bits per heavy atom. The van der Waals surface area contributed by atoms with Crippen molar-refractivity contribution in [2.45, 2.75) is 20.3 Å². The van der Waals surface area contributed by atoms with Crippen LogP contribution in [0, 0.1) is 6.92 Å². The zero-order valence-electron chi connectivity index (χ0n) is 10.2. The maximum absolute atomic E-state index is 12.0. The number of nitrogen functional groups attached to an aromatic ring is 1. The minimum atomic E-state index is -0.258. The highest BCUT2D eigenvalue weighted by molar-refractivity contribution is 7.15. The molecule has 0 unspecified atom stereocenters. The number of anilines is 2. The molecule has 5 nitrogen and oxygen atoms in total. The van der Waals surface area contributed by atoms with Crippen molar-refractivity contribution in [1.29, 1.82) is 0 Å². The molecule has 0 aliphatic heterocycles. The minimum Gasteiger partial charge on any atom is -0.398 e. The van der Waals surface area contributed by atoms with Crippen LogP contribution >= 0.6 is 11.3 Å². The highest BCUT2D eigenvalue weighted by Gasteiger charge is 2.12. The van der Waals surface area contributed by atoms with E-state index >= 15 is 0 Å². The predicted octanol–water partition coefficient (Wildman–Crippen LogP) is 2.24. The second kappa shape index (κ2) is 5.14. The summed E-state index contributed by atoms with van der Waals surface area (Å²) in [6, 6.07) is 5.33. The van der Waals surface area contributed by atoms with E-state index in [0.29, 0.717) is 16.4 Å². The molecule has 6 heteroatoms. The number of carbonyl (C=O) groups excluding carboxylic acids is 1. The molecule has 0 fully saturated rings. The van der Waals surface area contributed by atoms with Gasteiger partial charge in [0, 0.05) is 5.69 Å². The molecule has 0 aliphatic rings. The van der Waals surface area contributed by atoms with Gasteiger partial charge in [0.1, 0.15) is 5.01 Å². The quantitative estimate of drug-likeness (QED) is 0.831. The summed E-state index contributed by atoms with van der Waals surface area (Å²) in [6.07, 6.45) is 0.806. The highest BCUT2D eigenvalue weighted by atomic mass is 32.1. The zero-order valence-corrected chi connectivity index (χ0v) is 11.0. The normalized spacial score (nSPS) is 10.3. The number of hydrogen-bond donors (Lipinski definition) is 2. The van der Waals surface area contributed by atoms with Gasteiger partial charge in [0.15, 0.2) is 0 Å². The number of aryl methyl sites for hydroxylation is 2. The average molecular weight is 262 g/mol. The second-order valence-corrected chi connectivity index (χ2v) is 4.96. The number of rotatable bonds is 3. The van der Waals surface area contributed by atoms with E-state index in [4.69, 9.17) is 5.73 Å². The third-order valence-electron chi connectivity index (χ3n) is 2.44. The van der Waals surface area contributed by atoms with E-state index < -0.39 is 0 Å². The van der Waals surface area contributed by atoms with E-state index in [2.05, 4.69) is 15.5 Å². The van der Waals surface area contributed by atoms with Crippen LogP contribution in [0.25, 0.3) is 0 Å². The Morgan fingerprint density at radius 2 is 2.22 bits per heavy atom. The van der Waals surface area contributed by atoms with Crippen LogP contribution in [0.2, 0.25) is 0 Å². The van der Waals surface area contributed by atoms with Gasteiger partial charge in [-0.1, -0.05) is 24.3 Å². The molecular weight excluding hydrogens is 248 g/mol. The highest BCUT2D eigenvalue weighted by Crippen LogP contribution is 2.19. The summed E-state index contributed by atoms with van der Waals surface area (Å²) in [6.45, 7) is 3.92. The van der Waals surface area contributed by atoms with Crippen molar-refractivity contribution in [2.75, 3.05) is 11.1 Å². The van der Waals surface area contributed by atoms with Crippen LogP contribution in [-0.4, -0.2) is 16.1 Å². The summed E-state index contributed by atoms with van der Waals surface area (Å²) in [5.74, 6) is -0.258. The number of benzene rings is 1. The standard InChI is InChI=1S/C12H14N4OS/c1-3-10-15-16-12(18-10)14-11(17)8-5-4-7(2)6-9(8)13/h4-6H,3,13H2,1-2H3,(H,14,16,17). The molecule has 1 amide bonds. The van der Waals surface area contributed by atoms with Crippen molar-refractivity contribution in [2.24, 2.45) is 0 Å². The molecule has 0 radical (unpaired) electrons. The first-order valence-electron chi connectivity index (χ1n) is 5.60. The number of nitrogens with two attached hydrogens (primary N) is 1. The summed E-state index contributed by atoms with van der Waals surface area (Å²) in [5, 5.41) is 11.9. The van der Waals surface area contributed by atoms with Crippen molar-refractivity contribution >= 4 is 28.1 Å². The summed E-state index contributed by atoms with van der Waals surface area (Å²) >= 11 is 1.37. The van der Waals surface area contributed by atoms with Crippen LogP contribution < -0.4 is 11.1 Å². The fourth-order valence-corrected chi connectivity index (χ4v) is 2.17. The molecule has 18 heavy (non-hydrogen) atoms. The molecular formula is C12H14N4OS. The molecule has 0 bridgehead atoms. The number of hydrogen-bond acceptors (Lipinski definition) is 5. The van der Waals surface area contributed by atoms with Crippen molar-refractivity contribution < 1.29 is 4.79 Å². The van der Waals surface area contributed by atoms with Crippen LogP contribution in [0.5, 0.6) is 0 Å². The number of aromatic nitrogens is 2. The van der Waals surface area contributed by atoms with E-state index in [-0.39, 0.29) is 5.91 Å². The Hall–Kier alpha value is -1.95. The van der Waals surface area contributed by atoms with Gasteiger partial charge in [0.2, 0.25) is 5.13 Å². The van der Waals surface area contributed by atoms with E-state index in [1.165, 1.54) is 11.3 Å². The van der Waals surface area contributed by atoms with Crippen LogP contribution in [0.15, 0.2) is 18.2 Å². The molecule has 3 N–H and O–H groups in total. The first kappa shape index (κ1) is 12.5. The Morgan fingerprint density at radius 1 is 1.44 bits per heavy atom. The van der Waals surface area contributed by atoms with Gasteiger partial charge in [-0.25, -0.2) is 0 Å². The monoisotopic (exact) mass is 262 g/mol. The van der Waals surface area contributed by atoms with Crippen LogP contribution in [0.3, 0.4) is 0 Å². The Kier molecular flexibility index (Phi) is 3.57. The van der Waals surface area contributed by atoms with Crippen molar-refractivity contribution in [1.82, 2.24) is 10.2 Å². The molecule has 0 atom stereocenters. The molecule has 1 aromatic heterocycles. The number of carbonyl (C=O) groups is 1. The van der Waals surface area contributed by atoms with E-state index in [9.17, 15) is 4.79 Å². The third-order valence-corrected chi connectivity index (χ3v) is 3.42. The lowest BCUT2D eigenvalue weighted by Crippen LogP contribution is -2.14. The molecule has 94 valence electrons. The van der Waals surface area contributed by atoms with Gasteiger partial charge in [0.25, 0.3) is 5.91 Å². The molecule has 0 saturated heterocycles. The van der Waals surface area contributed by atoms with Crippen molar-refractivity contribution in [3.8, 4) is 0 Å². The van der Waals surface area contributed by atoms with E-state index in [1.807, 2.05) is 19.9 Å². The molecule has 2 aromatic rings. The Bertz CT molecular complexity index is 579. The maximum atomic E-state index is 12.0. The third kappa shape index (κ3) is 2.65. The van der Waals surface area contributed by atoms with Crippen LogP contribution in [0.1, 0.15) is 27.9 Å². The lowest BCUT2D eigenvalue weighted by atomic mass is 10.1. The van der Waals surface area contributed by atoms with E-state index in [1.54, 1.807) is 12.1 Å². The first-order valence-corrected chi connectivity index (χ1v) is 6.41. The fraction of sp³-hybridized carbons (Fsp3) is 0.250. The average Bonchev–Trinajstić information content (AvgIpc) is 2.76. The number of nitrogens with zero attached hydrogens (tertiary/aromatic N) is 2. The van der Waals surface area contributed by atoms with Gasteiger partial charge in [0.05, 0.1) is 5.56 Å². The molecule has 1 aromatic carbocycles. The summed E-state index contributed by atoms with van der Waals surface area (Å²) < 4.78 is 0. The SMILES string of the molecule is CCc1nnc(NC(=O)c2ccc(C)cc2N)s1. The van der Waals surface area contributed by atoms with Gasteiger partial charge in [-0.3, -0.25) is 10.1 Å². The topological polar surface area (TPSA) is 80.9 Å². The van der Waals surface area contributed by atoms with Crippen molar-refractivity contribution in [3.05, 3.63) is 34.3 Å². The summed E-state index contributed by atoms with van der Waals surface area (Å²) in [5.41, 5.74) is 7.75. The summed E-state index contributed by atoms with van der Waals surface area (Å²) in [7, 11) is 0. The predicted molar refractivity (Wildman–Crippen MR) is 72.8 cm³/mol. The first-order chi connectivity index (χ1) is 8.60.